The number of aromatic nitrogens is 2. The molecule has 0 spiro atoms. The van der Waals surface area contributed by atoms with E-state index in [1.54, 1.807) is 6.26 Å². The van der Waals surface area contributed by atoms with E-state index in [2.05, 4.69) is 15.0 Å². The van der Waals surface area contributed by atoms with Gasteiger partial charge in [-0.15, -0.1) is 0 Å². The molecule has 0 amide bonds. The molecule has 4 rings (SSSR count). The van der Waals surface area contributed by atoms with Crippen LogP contribution < -0.4 is 0 Å². The Bertz CT molecular complexity index is 653. The third-order valence-electron chi connectivity index (χ3n) is 4.86. The van der Waals surface area contributed by atoms with Crippen LogP contribution in [0, 0.1) is 0 Å². The molecular formula is C18H25N3O4. The van der Waals surface area contributed by atoms with Crippen molar-refractivity contribution in [3.8, 4) is 0 Å². The highest BCUT2D eigenvalue weighted by Gasteiger charge is 2.32. The molecule has 136 valence electrons. The van der Waals surface area contributed by atoms with Gasteiger partial charge in [-0.05, 0) is 44.4 Å². The summed E-state index contributed by atoms with van der Waals surface area (Å²) in [6.45, 7) is 3.13. The summed E-state index contributed by atoms with van der Waals surface area (Å²) in [5.74, 6) is 3.19. The lowest BCUT2D eigenvalue weighted by atomic mass is 9.97. The van der Waals surface area contributed by atoms with Crippen LogP contribution in [0.4, 0.5) is 0 Å². The average molecular weight is 347 g/mol. The molecule has 0 bridgehead atoms. The van der Waals surface area contributed by atoms with Crippen molar-refractivity contribution >= 4 is 0 Å². The van der Waals surface area contributed by atoms with Crippen molar-refractivity contribution in [2.45, 2.75) is 50.2 Å². The van der Waals surface area contributed by atoms with Crippen LogP contribution >= 0.6 is 0 Å². The summed E-state index contributed by atoms with van der Waals surface area (Å²) < 4.78 is 16.1. The van der Waals surface area contributed by atoms with Crippen LogP contribution in [0.15, 0.2) is 27.3 Å². The summed E-state index contributed by atoms with van der Waals surface area (Å²) in [7, 11) is 0. The smallest absolute Gasteiger partial charge is 0.229 e. The summed E-state index contributed by atoms with van der Waals surface area (Å²) >= 11 is 0. The molecule has 3 heterocycles. The standard InChI is InChI=1S/C18H25N3O4/c22-15(11-23-12-16-4-2-8-24-16)10-21-7-1-3-14(9-21)17-19-18(25-20-17)13-5-6-13/h2,4,8,13-15,22H,1,3,5-7,9-12H2/t14-,15-/m1/s1. The zero-order valence-electron chi connectivity index (χ0n) is 14.3. The molecule has 2 aliphatic rings. The molecule has 2 fully saturated rings. The topological polar surface area (TPSA) is 84.8 Å². The fourth-order valence-corrected chi connectivity index (χ4v) is 3.38. The van der Waals surface area contributed by atoms with Gasteiger partial charge in [-0.25, -0.2) is 0 Å². The normalized spacial score (nSPS) is 23.0. The van der Waals surface area contributed by atoms with E-state index in [4.69, 9.17) is 13.7 Å². The number of hydrogen-bond donors (Lipinski definition) is 1. The fourth-order valence-electron chi connectivity index (χ4n) is 3.38. The predicted octanol–water partition coefficient (Wildman–Crippen LogP) is 2.30. The number of hydrogen-bond acceptors (Lipinski definition) is 7. The number of β-amino-alcohol motifs (C(OH)–C–C–N with tert-alkyl or cyclic N) is 1. The van der Waals surface area contributed by atoms with Gasteiger partial charge in [0, 0.05) is 24.9 Å². The maximum atomic E-state index is 10.2. The summed E-state index contributed by atoms with van der Waals surface area (Å²) in [4.78, 5) is 6.85. The van der Waals surface area contributed by atoms with Crippen LogP contribution in [0.1, 0.15) is 55.0 Å². The molecule has 1 aliphatic carbocycles. The molecule has 1 saturated heterocycles. The van der Waals surface area contributed by atoms with E-state index in [1.807, 2.05) is 12.1 Å². The van der Waals surface area contributed by atoms with Crippen LogP contribution in [-0.4, -0.2) is 52.5 Å². The Morgan fingerprint density at radius 1 is 1.32 bits per heavy atom. The van der Waals surface area contributed by atoms with Crippen molar-refractivity contribution in [1.29, 1.82) is 0 Å². The van der Waals surface area contributed by atoms with Gasteiger partial charge >= 0.3 is 0 Å². The molecule has 1 saturated carbocycles. The van der Waals surface area contributed by atoms with Crippen molar-refractivity contribution in [3.63, 3.8) is 0 Å². The lowest BCUT2D eigenvalue weighted by molar-refractivity contribution is 0.00104. The Morgan fingerprint density at radius 2 is 2.24 bits per heavy atom. The zero-order valence-corrected chi connectivity index (χ0v) is 14.3. The number of aliphatic hydroxyl groups is 1. The molecule has 1 N–H and O–H groups in total. The first kappa shape index (κ1) is 16.8. The molecule has 0 radical (unpaired) electrons. The van der Waals surface area contributed by atoms with Gasteiger partial charge in [0.25, 0.3) is 0 Å². The lowest BCUT2D eigenvalue weighted by Crippen LogP contribution is -2.41. The Kier molecular flexibility index (Phi) is 5.14. The monoisotopic (exact) mass is 347 g/mol. The molecule has 7 nitrogen and oxygen atoms in total. The number of aliphatic hydroxyl groups excluding tert-OH is 1. The Hall–Kier alpha value is -1.70. The minimum Gasteiger partial charge on any atom is -0.467 e. The van der Waals surface area contributed by atoms with Gasteiger partial charge in [0.15, 0.2) is 5.82 Å². The average Bonchev–Trinajstić information content (AvgIpc) is 3.12. The molecule has 25 heavy (non-hydrogen) atoms. The molecule has 2 aromatic heterocycles. The van der Waals surface area contributed by atoms with Crippen molar-refractivity contribution in [2.24, 2.45) is 0 Å². The van der Waals surface area contributed by atoms with Crippen molar-refractivity contribution in [2.75, 3.05) is 26.2 Å². The van der Waals surface area contributed by atoms with Crippen LogP contribution in [-0.2, 0) is 11.3 Å². The number of ether oxygens (including phenoxy) is 1. The van der Waals surface area contributed by atoms with Gasteiger partial charge in [0.2, 0.25) is 5.89 Å². The third kappa shape index (κ3) is 4.48. The third-order valence-corrected chi connectivity index (χ3v) is 4.86. The first-order chi connectivity index (χ1) is 12.3. The quantitative estimate of drug-likeness (QED) is 0.784. The summed E-state index contributed by atoms with van der Waals surface area (Å²) in [5, 5.41) is 14.4. The Morgan fingerprint density at radius 3 is 3.04 bits per heavy atom. The van der Waals surface area contributed by atoms with Gasteiger partial charge in [0.05, 0.1) is 19.0 Å². The van der Waals surface area contributed by atoms with E-state index in [1.165, 1.54) is 12.8 Å². The summed E-state index contributed by atoms with van der Waals surface area (Å²) in [6.07, 6.45) is 5.60. The van der Waals surface area contributed by atoms with E-state index in [9.17, 15) is 5.11 Å². The molecule has 2 atom stereocenters. The van der Waals surface area contributed by atoms with Gasteiger partial charge in [-0.2, -0.15) is 4.98 Å². The highest BCUT2D eigenvalue weighted by molar-refractivity contribution is 5.05. The SMILES string of the molecule is O[C@@H](COCc1ccco1)CN1CCC[C@@H](c2noc(C3CC3)n2)C1. The molecule has 1 aliphatic heterocycles. The minimum absolute atomic E-state index is 0.293. The maximum absolute atomic E-state index is 10.2. The van der Waals surface area contributed by atoms with Crippen molar-refractivity contribution in [3.05, 3.63) is 35.9 Å². The predicted molar refractivity (Wildman–Crippen MR) is 89.1 cm³/mol. The summed E-state index contributed by atoms with van der Waals surface area (Å²) in [6, 6.07) is 3.69. The van der Waals surface area contributed by atoms with Crippen LogP contribution in [0.3, 0.4) is 0 Å². The molecule has 0 aromatic carbocycles. The minimum atomic E-state index is -0.513. The second kappa shape index (κ2) is 7.68. The zero-order chi connectivity index (χ0) is 17.1. The van der Waals surface area contributed by atoms with Gasteiger partial charge in [-0.3, -0.25) is 4.90 Å². The maximum Gasteiger partial charge on any atom is 0.229 e. The largest absolute Gasteiger partial charge is 0.467 e. The van der Waals surface area contributed by atoms with Crippen LogP contribution in [0.5, 0.6) is 0 Å². The van der Waals surface area contributed by atoms with Crippen molar-refractivity contribution < 1.29 is 18.8 Å². The highest BCUT2D eigenvalue weighted by Crippen LogP contribution is 2.39. The molecular weight excluding hydrogens is 322 g/mol. The van der Waals surface area contributed by atoms with Gasteiger partial charge in [0.1, 0.15) is 12.4 Å². The highest BCUT2D eigenvalue weighted by atomic mass is 16.5. The second-order valence-corrected chi connectivity index (χ2v) is 7.11. The van der Waals surface area contributed by atoms with E-state index < -0.39 is 6.10 Å². The molecule has 2 aromatic rings. The summed E-state index contributed by atoms with van der Waals surface area (Å²) in [5.41, 5.74) is 0. The Balaban J connectivity index is 1.23. The molecule has 7 heteroatoms. The first-order valence-corrected chi connectivity index (χ1v) is 9.12. The van der Waals surface area contributed by atoms with Gasteiger partial charge in [-0.1, -0.05) is 5.16 Å². The Labute approximate surface area is 147 Å². The van der Waals surface area contributed by atoms with E-state index in [-0.39, 0.29) is 0 Å². The van der Waals surface area contributed by atoms with E-state index in [0.29, 0.717) is 31.6 Å². The van der Waals surface area contributed by atoms with Crippen LogP contribution in [0.25, 0.3) is 0 Å². The number of likely N-dealkylation sites (tertiary alicyclic amines) is 1. The lowest BCUT2D eigenvalue weighted by Gasteiger charge is -2.32. The number of rotatable bonds is 8. The van der Waals surface area contributed by atoms with E-state index >= 15 is 0 Å². The van der Waals surface area contributed by atoms with Gasteiger partial charge < -0.3 is 18.8 Å². The second-order valence-electron chi connectivity index (χ2n) is 7.11. The first-order valence-electron chi connectivity index (χ1n) is 9.12. The van der Waals surface area contributed by atoms with E-state index in [0.717, 1.165) is 43.4 Å². The number of piperidine rings is 1. The number of furan rings is 1. The molecule has 0 unspecified atom stereocenters. The fraction of sp³-hybridized carbons (Fsp3) is 0.667. The van der Waals surface area contributed by atoms with Crippen molar-refractivity contribution in [1.82, 2.24) is 15.0 Å². The number of nitrogens with zero attached hydrogens (tertiary/aromatic N) is 3. The van der Waals surface area contributed by atoms with Crippen LogP contribution in [0.2, 0.25) is 0 Å².